The van der Waals surface area contributed by atoms with Crippen molar-refractivity contribution in [1.29, 1.82) is 0 Å². The summed E-state index contributed by atoms with van der Waals surface area (Å²) in [5, 5.41) is 15.0. The molecule has 1 amide bonds. The topological polar surface area (TPSA) is 81.1 Å². The zero-order valence-electron chi connectivity index (χ0n) is 17.6. The molecule has 1 fully saturated rings. The van der Waals surface area contributed by atoms with Gasteiger partial charge >= 0.3 is 0 Å². The van der Waals surface area contributed by atoms with Gasteiger partial charge < -0.3 is 15.4 Å². The molecule has 1 aromatic heterocycles. The van der Waals surface area contributed by atoms with E-state index in [9.17, 15) is 4.79 Å². The van der Waals surface area contributed by atoms with Gasteiger partial charge in [0.05, 0.1) is 18.8 Å². The van der Waals surface area contributed by atoms with Gasteiger partial charge in [-0.3, -0.25) is 4.79 Å². The van der Waals surface area contributed by atoms with Crippen LogP contribution in [0.3, 0.4) is 0 Å². The molecule has 0 aliphatic carbocycles. The first-order valence-corrected chi connectivity index (χ1v) is 10.1. The van der Waals surface area contributed by atoms with Crippen LogP contribution in [0.4, 0.5) is 0 Å². The quantitative estimate of drug-likeness (QED) is 0.718. The van der Waals surface area contributed by atoms with Crippen molar-refractivity contribution in [2.24, 2.45) is 5.92 Å². The van der Waals surface area contributed by atoms with Gasteiger partial charge in [0.1, 0.15) is 5.75 Å². The van der Waals surface area contributed by atoms with Gasteiger partial charge in [-0.25, -0.2) is 4.68 Å². The van der Waals surface area contributed by atoms with Crippen molar-refractivity contribution < 1.29 is 9.53 Å². The van der Waals surface area contributed by atoms with Crippen LogP contribution >= 0.6 is 12.4 Å². The number of para-hydroxylation sites is 1. The standard InChI is InChI=1S/C21H31N5O2.ClH/c1-14(2)18(13-16-7-5-6-8-19(16)28-4)23-21(27)20-15(3)26(25-24-20)17-9-11-22-12-10-17;/h5-8,14,17-18,22H,9-13H2,1-4H3,(H,23,27);1H. The summed E-state index contributed by atoms with van der Waals surface area (Å²) in [7, 11) is 1.67. The van der Waals surface area contributed by atoms with Crippen molar-refractivity contribution in [3.63, 3.8) is 0 Å². The molecule has 1 aromatic carbocycles. The van der Waals surface area contributed by atoms with Crippen LogP contribution in [0.5, 0.6) is 5.75 Å². The highest BCUT2D eigenvalue weighted by atomic mass is 35.5. The third-order valence-electron chi connectivity index (χ3n) is 5.55. The van der Waals surface area contributed by atoms with E-state index in [2.05, 4.69) is 34.8 Å². The van der Waals surface area contributed by atoms with E-state index < -0.39 is 0 Å². The van der Waals surface area contributed by atoms with Crippen LogP contribution in [0.2, 0.25) is 0 Å². The van der Waals surface area contributed by atoms with Crippen LogP contribution < -0.4 is 15.4 Å². The number of hydrogen-bond acceptors (Lipinski definition) is 5. The summed E-state index contributed by atoms with van der Waals surface area (Å²) in [6, 6.07) is 8.22. The summed E-state index contributed by atoms with van der Waals surface area (Å²) >= 11 is 0. The molecule has 8 heteroatoms. The van der Waals surface area contributed by atoms with E-state index in [1.54, 1.807) is 7.11 Å². The largest absolute Gasteiger partial charge is 0.496 e. The predicted octanol–water partition coefficient (Wildman–Crippen LogP) is 2.94. The second-order valence-electron chi connectivity index (χ2n) is 7.79. The van der Waals surface area contributed by atoms with Crippen LogP contribution in [-0.2, 0) is 6.42 Å². The summed E-state index contributed by atoms with van der Waals surface area (Å²) in [5.74, 6) is 0.954. The van der Waals surface area contributed by atoms with E-state index >= 15 is 0 Å². The van der Waals surface area contributed by atoms with E-state index in [0.29, 0.717) is 18.2 Å². The number of rotatable bonds is 7. The summed E-state index contributed by atoms with van der Waals surface area (Å²) in [6.45, 7) is 8.10. The van der Waals surface area contributed by atoms with Crippen LogP contribution in [0.1, 0.15) is 54.5 Å². The molecule has 160 valence electrons. The van der Waals surface area contributed by atoms with E-state index in [4.69, 9.17) is 4.74 Å². The highest BCUT2D eigenvalue weighted by Crippen LogP contribution is 2.22. The Hall–Kier alpha value is -2.12. The molecular formula is C21H32ClN5O2. The highest BCUT2D eigenvalue weighted by Gasteiger charge is 2.25. The number of amides is 1. The molecule has 2 aromatic rings. The molecule has 1 saturated heterocycles. The number of nitrogens with one attached hydrogen (secondary N) is 2. The number of nitrogens with zero attached hydrogens (tertiary/aromatic N) is 3. The van der Waals surface area contributed by atoms with Gasteiger partial charge in [-0.2, -0.15) is 0 Å². The van der Waals surface area contributed by atoms with Gasteiger partial charge in [0, 0.05) is 6.04 Å². The Labute approximate surface area is 179 Å². The third-order valence-corrected chi connectivity index (χ3v) is 5.55. The van der Waals surface area contributed by atoms with Crippen molar-refractivity contribution in [3.8, 4) is 5.75 Å². The minimum atomic E-state index is -0.161. The summed E-state index contributed by atoms with van der Waals surface area (Å²) in [5.41, 5.74) is 2.34. The lowest BCUT2D eigenvalue weighted by molar-refractivity contribution is 0.0919. The summed E-state index contributed by atoms with van der Waals surface area (Å²) in [6.07, 6.45) is 2.72. The average molecular weight is 422 g/mol. The number of halogens is 1. The van der Waals surface area contributed by atoms with E-state index in [1.165, 1.54) is 0 Å². The van der Waals surface area contributed by atoms with Crippen LogP contribution in [0.15, 0.2) is 24.3 Å². The zero-order chi connectivity index (χ0) is 20.1. The van der Waals surface area contributed by atoms with Crippen molar-refractivity contribution in [3.05, 3.63) is 41.2 Å². The molecule has 0 saturated carbocycles. The Morgan fingerprint density at radius 1 is 1.31 bits per heavy atom. The Balaban J connectivity index is 0.00000300. The molecule has 2 heterocycles. The van der Waals surface area contributed by atoms with Gasteiger partial charge in [-0.15, -0.1) is 17.5 Å². The monoisotopic (exact) mass is 421 g/mol. The van der Waals surface area contributed by atoms with E-state index in [0.717, 1.165) is 42.9 Å². The number of benzene rings is 1. The van der Waals surface area contributed by atoms with Gasteiger partial charge in [-0.05, 0) is 56.8 Å². The van der Waals surface area contributed by atoms with Crippen molar-refractivity contribution in [1.82, 2.24) is 25.6 Å². The van der Waals surface area contributed by atoms with Crippen molar-refractivity contribution in [2.45, 2.75) is 52.1 Å². The van der Waals surface area contributed by atoms with Gasteiger partial charge in [0.25, 0.3) is 5.91 Å². The lowest BCUT2D eigenvalue weighted by Gasteiger charge is -2.24. The van der Waals surface area contributed by atoms with Crippen LogP contribution in [0, 0.1) is 12.8 Å². The maximum Gasteiger partial charge on any atom is 0.273 e. The number of methoxy groups -OCH3 is 1. The molecular weight excluding hydrogens is 390 g/mol. The molecule has 3 rings (SSSR count). The zero-order valence-corrected chi connectivity index (χ0v) is 18.5. The first kappa shape index (κ1) is 23.2. The third kappa shape index (κ3) is 5.48. The first-order chi connectivity index (χ1) is 13.5. The van der Waals surface area contributed by atoms with Crippen LogP contribution in [0.25, 0.3) is 0 Å². The fraction of sp³-hybridized carbons (Fsp3) is 0.571. The Kier molecular flexibility index (Phi) is 8.46. The minimum absolute atomic E-state index is 0. The normalized spacial score (nSPS) is 15.6. The van der Waals surface area contributed by atoms with Crippen molar-refractivity contribution >= 4 is 18.3 Å². The summed E-state index contributed by atoms with van der Waals surface area (Å²) in [4.78, 5) is 13.0. The Morgan fingerprint density at radius 2 is 2.00 bits per heavy atom. The number of hydrogen-bond donors (Lipinski definition) is 2. The maximum atomic E-state index is 13.0. The number of carbonyl (C=O) groups excluding carboxylic acids is 1. The number of piperidine rings is 1. The fourth-order valence-corrected chi connectivity index (χ4v) is 3.75. The molecule has 1 unspecified atom stereocenters. The van der Waals surface area contributed by atoms with Gasteiger partial charge in [0.2, 0.25) is 0 Å². The summed E-state index contributed by atoms with van der Waals surface area (Å²) < 4.78 is 7.38. The molecule has 2 N–H and O–H groups in total. The average Bonchev–Trinajstić information content (AvgIpc) is 3.09. The SMILES string of the molecule is COc1ccccc1CC(NC(=O)c1nnn(C2CCNCC2)c1C)C(C)C.Cl. The molecule has 1 aliphatic heterocycles. The molecule has 7 nitrogen and oxygen atoms in total. The Bertz CT molecular complexity index is 802. The lowest BCUT2D eigenvalue weighted by atomic mass is 9.95. The second-order valence-corrected chi connectivity index (χ2v) is 7.79. The Morgan fingerprint density at radius 3 is 2.66 bits per heavy atom. The first-order valence-electron chi connectivity index (χ1n) is 10.1. The smallest absolute Gasteiger partial charge is 0.273 e. The molecule has 29 heavy (non-hydrogen) atoms. The maximum absolute atomic E-state index is 13.0. The minimum Gasteiger partial charge on any atom is -0.496 e. The van der Waals surface area contributed by atoms with E-state index in [-0.39, 0.29) is 30.3 Å². The van der Waals surface area contributed by atoms with Crippen molar-refractivity contribution in [2.75, 3.05) is 20.2 Å². The fourth-order valence-electron chi connectivity index (χ4n) is 3.75. The van der Waals surface area contributed by atoms with Gasteiger partial charge in [0.15, 0.2) is 5.69 Å². The highest BCUT2D eigenvalue weighted by molar-refractivity contribution is 5.93. The van der Waals surface area contributed by atoms with Gasteiger partial charge in [-0.1, -0.05) is 37.3 Å². The number of aromatic nitrogens is 3. The second kappa shape index (κ2) is 10.6. The van der Waals surface area contributed by atoms with Crippen LogP contribution in [-0.4, -0.2) is 47.1 Å². The lowest BCUT2D eigenvalue weighted by Crippen LogP contribution is -2.40. The molecule has 0 radical (unpaired) electrons. The number of carbonyl (C=O) groups is 1. The molecule has 0 bridgehead atoms. The molecule has 1 atom stereocenters. The number of ether oxygens (including phenoxy) is 1. The predicted molar refractivity (Wildman–Crippen MR) is 116 cm³/mol. The molecule has 0 spiro atoms. The van der Waals surface area contributed by atoms with E-state index in [1.807, 2.05) is 35.9 Å². The molecule has 1 aliphatic rings.